The number of aryl methyl sites for hydroxylation is 1. The highest BCUT2D eigenvalue weighted by atomic mass is 35.5. The van der Waals surface area contributed by atoms with Crippen LogP contribution >= 0.6 is 22.9 Å². The molecule has 3 heterocycles. The molecule has 1 atom stereocenters. The lowest BCUT2D eigenvalue weighted by molar-refractivity contribution is -0.138. The highest BCUT2D eigenvalue weighted by Crippen LogP contribution is 2.44. The predicted octanol–water partition coefficient (Wildman–Crippen LogP) is 9.84. The average molecular weight is 631 g/mol. The number of hydrogen-bond donors (Lipinski definition) is 0. The van der Waals surface area contributed by atoms with Crippen LogP contribution in [0.25, 0.3) is 54.1 Å². The molecule has 44 heavy (non-hydrogen) atoms. The van der Waals surface area contributed by atoms with Gasteiger partial charge in [-0.3, -0.25) is 9.78 Å². The molecule has 6 aromatic rings. The van der Waals surface area contributed by atoms with Crippen molar-refractivity contribution in [1.29, 1.82) is 0 Å². The summed E-state index contributed by atoms with van der Waals surface area (Å²) in [6.07, 6.45) is 2.37. The summed E-state index contributed by atoms with van der Waals surface area (Å²) in [7, 11) is 0. The number of pyridine rings is 1. The van der Waals surface area contributed by atoms with Crippen LogP contribution in [-0.2, 0) is 9.53 Å². The van der Waals surface area contributed by atoms with Crippen LogP contribution in [0.5, 0.6) is 0 Å². The zero-order valence-electron chi connectivity index (χ0n) is 24.7. The van der Waals surface area contributed by atoms with Crippen molar-refractivity contribution in [3.8, 4) is 33.0 Å². The normalized spacial score (nSPS) is 12.8. The number of carbonyl (C=O) groups excluding carboxylic acids is 1. The van der Waals surface area contributed by atoms with Gasteiger partial charge in [0.15, 0.2) is 5.78 Å². The number of benzene rings is 3. The molecule has 0 unspecified atom stereocenters. The number of alkyl halides is 2. The standard InChI is InChI=1S/C34H29ClF2N4O2S/c1-18-14-26-31(29(20-6-9-24(35)10-7-20)28(18)30(19(2)42)43-34(3,4)5)44-32(40-26)22-12-13-38-25(16-22)21-8-11-27-23(15-21)17-39-41(27)33(36)37/h6-17,30,33H,1-5H3/t30-/m1/s1. The molecule has 0 N–H and O–H groups in total. The topological polar surface area (TPSA) is 69.9 Å². The van der Waals surface area contributed by atoms with Crippen molar-refractivity contribution >= 4 is 49.8 Å². The Morgan fingerprint density at radius 3 is 2.41 bits per heavy atom. The second-order valence-electron chi connectivity index (χ2n) is 11.6. The lowest BCUT2D eigenvalue weighted by Gasteiger charge is -2.29. The van der Waals surface area contributed by atoms with E-state index >= 15 is 0 Å². The molecule has 0 amide bonds. The second kappa shape index (κ2) is 11.5. The summed E-state index contributed by atoms with van der Waals surface area (Å²) < 4.78 is 34.6. The van der Waals surface area contributed by atoms with Crippen molar-refractivity contribution in [3.63, 3.8) is 0 Å². The Bertz CT molecular complexity index is 2030. The van der Waals surface area contributed by atoms with Gasteiger partial charge in [-0.05, 0) is 88.2 Å². The van der Waals surface area contributed by atoms with Crippen LogP contribution in [0, 0.1) is 6.92 Å². The Morgan fingerprint density at radius 2 is 1.73 bits per heavy atom. The number of hydrogen-bond acceptors (Lipinski definition) is 6. The summed E-state index contributed by atoms with van der Waals surface area (Å²) in [5.74, 6) is -0.0860. The third-order valence-electron chi connectivity index (χ3n) is 7.25. The number of halogens is 3. The molecule has 0 saturated heterocycles. The molecule has 0 saturated carbocycles. The van der Waals surface area contributed by atoms with Crippen LogP contribution in [0.3, 0.4) is 0 Å². The number of nitrogens with zero attached hydrogens (tertiary/aromatic N) is 4. The molecule has 0 aliphatic rings. The van der Waals surface area contributed by atoms with Gasteiger partial charge in [-0.25, -0.2) is 9.67 Å². The molecule has 0 aliphatic heterocycles. The van der Waals surface area contributed by atoms with E-state index in [-0.39, 0.29) is 5.78 Å². The number of fused-ring (bicyclic) bond motifs is 2. The zero-order chi connectivity index (χ0) is 31.3. The van der Waals surface area contributed by atoms with Gasteiger partial charge in [0.1, 0.15) is 11.1 Å². The largest absolute Gasteiger partial charge is 0.360 e. The Labute approximate surface area is 262 Å². The van der Waals surface area contributed by atoms with E-state index in [0.29, 0.717) is 26.3 Å². The number of rotatable bonds is 7. The molecule has 0 bridgehead atoms. The number of carbonyl (C=O) groups is 1. The van der Waals surface area contributed by atoms with Gasteiger partial charge in [-0.2, -0.15) is 13.9 Å². The number of ether oxygens (including phenoxy) is 1. The van der Waals surface area contributed by atoms with Crippen LogP contribution in [0.2, 0.25) is 5.02 Å². The van der Waals surface area contributed by atoms with E-state index < -0.39 is 18.3 Å². The molecule has 6 nitrogen and oxygen atoms in total. The molecule has 0 aliphatic carbocycles. The lowest BCUT2D eigenvalue weighted by Crippen LogP contribution is -2.27. The van der Waals surface area contributed by atoms with Gasteiger partial charge in [0.2, 0.25) is 0 Å². The maximum absolute atomic E-state index is 13.3. The minimum atomic E-state index is -2.72. The summed E-state index contributed by atoms with van der Waals surface area (Å²) in [6, 6.07) is 18.6. The number of aromatic nitrogens is 4. The second-order valence-corrected chi connectivity index (χ2v) is 13.1. The summed E-state index contributed by atoms with van der Waals surface area (Å²) in [6.45, 7) is 6.63. The van der Waals surface area contributed by atoms with Crippen molar-refractivity contribution in [2.75, 3.05) is 0 Å². The van der Waals surface area contributed by atoms with Crippen molar-refractivity contribution < 1.29 is 18.3 Å². The molecular formula is C34H29ClF2N4O2S. The molecule has 3 aromatic carbocycles. The number of Topliss-reactive ketones (excluding diaryl/α,β-unsaturated/α-hetero) is 1. The first-order valence-electron chi connectivity index (χ1n) is 14.0. The SMILES string of the molecule is CC(=O)[C@@H](OC(C)(C)C)c1c(C)cc2nc(-c3ccnc(-c4ccc5c(cnn5C(F)F)c4)c3)sc2c1-c1ccc(Cl)cc1. The molecule has 6 rings (SSSR count). The van der Waals surface area contributed by atoms with E-state index in [9.17, 15) is 13.6 Å². The van der Waals surface area contributed by atoms with Crippen molar-refractivity contribution in [3.05, 3.63) is 89.2 Å². The third-order valence-corrected chi connectivity index (χ3v) is 8.64. The first kappa shape index (κ1) is 30.0. The highest BCUT2D eigenvalue weighted by Gasteiger charge is 2.30. The molecule has 0 spiro atoms. The number of thiazole rings is 1. The maximum Gasteiger partial charge on any atom is 0.333 e. The Morgan fingerprint density at radius 1 is 1.00 bits per heavy atom. The van der Waals surface area contributed by atoms with E-state index in [1.807, 2.05) is 70.2 Å². The van der Waals surface area contributed by atoms with Crippen molar-refractivity contribution in [2.24, 2.45) is 0 Å². The van der Waals surface area contributed by atoms with Crippen LogP contribution in [0.15, 0.2) is 73.1 Å². The van der Waals surface area contributed by atoms with E-state index in [1.165, 1.54) is 17.5 Å². The minimum Gasteiger partial charge on any atom is -0.360 e. The van der Waals surface area contributed by atoms with Gasteiger partial charge in [0.05, 0.1) is 33.2 Å². The fourth-order valence-electron chi connectivity index (χ4n) is 5.36. The first-order valence-corrected chi connectivity index (χ1v) is 15.2. The summed E-state index contributed by atoms with van der Waals surface area (Å²) in [5.41, 5.74) is 6.42. The minimum absolute atomic E-state index is 0.0860. The fourth-order valence-corrected chi connectivity index (χ4v) is 6.61. The molecule has 0 radical (unpaired) electrons. The van der Waals surface area contributed by atoms with E-state index in [1.54, 1.807) is 31.3 Å². The van der Waals surface area contributed by atoms with Gasteiger partial charge < -0.3 is 4.74 Å². The van der Waals surface area contributed by atoms with E-state index in [2.05, 4.69) is 10.1 Å². The van der Waals surface area contributed by atoms with Crippen LogP contribution in [0.1, 0.15) is 51.5 Å². The average Bonchev–Trinajstić information content (AvgIpc) is 3.59. The van der Waals surface area contributed by atoms with Gasteiger partial charge in [0.25, 0.3) is 0 Å². The fraction of sp³-hybridized carbons (Fsp3) is 0.235. The third kappa shape index (κ3) is 5.75. The van der Waals surface area contributed by atoms with Crippen LogP contribution < -0.4 is 0 Å². The summed E-state index contributed by atoms with van der Waals surface area (Å²) >= 11 is 7.78. The molecule has 10 heteroatoms. The maximum atomic E-state index is 13.3. The van der Waals surface area contributed by atoms with Crippen LogP contribution in [-0.4, -0.2) is 31.1 Å². The number of ketones is 1. The monoisotopic (exact) mass is 630 g/mol. The van der Waals surface area contributed by atoms with E-state index in [4.69, 9.17) is 21.3 Å². The van der Waals surface area contributed by atoms with Crippen LogP contribution in [0.4, 0.5) is 8.78 Å². The Balaban J connectivity index is 1.50. The lowest BCUT2D eigenvalue weighted by atomic mass is 9.90. The predicted molar refractivity (Wildman–Crippen MR) is 172 cm³/mol. The molecule has 224 valence electrons. The highest BCUT2D eigenvalue weighted by molar-refractivity contribution is 7.22. The van der Waals surface area contributed by atoms with Gasteiger partial charge in [-0.15, -0.1) is 11.3 Å². The first-order chi connectivity index (χ1) is 20.9. The zero-order valence-corrected chi connectivity index (χ0v) is 26.3. The Hall–Kier alpha value is -4.05. The molecular weight excluding hydrogens is 602 g/mol. The Kier molecular flexibility index (Phi) is 7.82. The van der Waals surface area contributed by atoms with Gasteiger partial charge >= 0.3 is 6.55 Å². The molecule has 3 aromatic heterocycles. The molecule has 0 fully saturated rings. The smallest absolute Gasteiger partial charge is 0.333 e. The summed E-state index contributed by atoms with van der Waals surface area (Å²) in [5, 5.41) is 5.80. The van der Waals surface area contributed by atoms with Crippen molar-refractivity contribution in [1.82, 2.24) is 19.7 Å². The van der Waals surface area contributed by atoms with E-state index in [0.717, 1.165) is 48.6 Å². The van der Waals surface area contributed by atoms with Crippen molar-refractivity contribution in [2.45, 2.75) is 52.9 Å². The van der Waals surface area contributed by atoms with Gasteiger partial charge in [-0.1, -0.05) is 29.8 Å². The quantitative estimate of drug-likeness (QED) is 0.176. The van der Waals surface area contributed by atoms with Gasteiger partial charge in [0, 0.05) is 38.9 Å². The summed E-state index contributed by atoms with van der Waals surface area (Å²) in [4.78, 5) is 22.6.